The Morgan fingerprint density at radius 1 is 0.618 bits per heavy atom. The number of ether oxygens (including phenoxy) is 1. The SMILES string of the molecule is CC[C@H](C)[C@@H]1NC(=O)[C@H](CC(C)C)N(CC)C(=O)C[C@@H](C(=O)N2CCOCC2)N(C)C(=O)[C@H](C2CCCCC2)N(C)C(=O)C2(CCCC2)NC(=O)[C@@H]2CCCN2C(=O)[C@H](CCC2CCC(C(F)(F)F)C(Cl)C2)NC(=O)CN(C)C(=O)[C@H](CC2CCCCC2)N(C)C(=O)CN(C)C(=O)CN(C)C1=O. The van der Waals surface area contributed by atoms with Crippen LogP contribution in [0.5, 0.6) is 0 Å². The number of hydrogen-bond donors (Lipinski definition) is 3. The molecular weight excluding hydrogens is 1350 g/mol. The molecule has 3 aliphatic heterocycles. The third-order valence-corrected chi connectivity index (χ3v) is 23.8. The van der Waals surface area contributed by atoms with Crippen molar-refractivity contribution in [3.8, 4) is 0 Å². The molecule has 7 fully saturated rings. The largest absolute Gasteiger partial charge is 0.393 e. The van der Waals surface area contributed by atoms with Gasteiger partial charge in [-0.2, -0.15) is 13.2 Å². The van der Waals surface area contributed by atoms with Gasteiger partial charge in [-0.15, -0.1) is 11.6 Å². The number of carbonyl (C=O) groups is 12. The molecule has 7 rings (SSSR count). The zero-order chi connectivity index (χ0) is 75.1. The Bertz CT molecular complexity index is 2940. The van der Waals surface area contributed by atoms with Crippen LogP contribution in [-0.4, -0.2) is 276 Å². The van der Waals surface area contributed by atoms with Crippen molar-refractivity contribution in [1.29, 1.82) is 0 Å². The number of amides is 12. The first kappa shape index (κ1) is 83.0. The lowest BCUT2D eigenvalue weighted by Gasteiger charge is -2.43. The fourth-order valence-corrected chi connectivity index (χ4v) is 17.3. The number of fused-ring (bicyclic) bond motifs is 1. The molecule has 3 N–H and O–H groups in total. The molecule has 29 heteroatoms. The highest BCUT2D eigenvalue weighted by Gasteiger charge is 2.52. The molecule has 3 unspecified atom stereocenters. The molecule has 1 spiro atoms. The fraction of sp³-hybridized carbons (Fsp3) is 0.836. The second-order valence-electron chi connectivity index (χ2n) is 31.0. The molecule has 102 heavy (non-hydrogen) atoms. The minimum Gasteiger partial charge on any atom is -0.378 e. The molecule has 0 aromatic rings. The number of alkyl halides is 4. The molecule has 12 amide bonds. The van der Waals surface area contributed by atoms with Crippen molar-refractivity contribution in [1.82, 2.24) is 60.0 Å². The van der Waals surface area contributed by atoms with Crippen LogP contribution < -0.4 is 16.0 Å². The molecule has 3 saturated heterocycles. The van der Waals surface area contributed by atoms with Gasteiger partial charge in [-0.25, -0.2) is 0 Å². The van der Waals surface area contributed by atoms with E-state index in [-0.39, 0.29) is 121 Å². The standard InChI is InChI=1S/C73H118ClF3N12O13/c1-12-47(5)62-69(99)83(8)44-60(92)81(6)45-61(93)84(9)56(41-48-23-16-14-17-24-48)67(97)82(7)43-58(90)78-53(31-29-49-28-30-51(52(74)40-49)73(75,76)77)66(96)89-34-22-27-54(89)65(95)80-72(32-20-21-33-72)71(101)86(11)63(50-25-18-15-19-26-50)70(100)85(10)57(68(98)87-35-37-102-38-36-87)42-59(91)88(13-2)55(39-46(3)4)64(94)79-62/h46-57,62-63H,12-45H2,1-11H3,(H,78,90)(H,79,94)(H,80,95)/t47-,49?,51?,52?,53-,54-,55-,56-,57-,62-,63-/m0/s1. The lowest BCUT2D eigenvalue weighted by molar-refractivity contribution is -0.182. The molecule has 7 aliphatic rings. The molecule has 4 aliphatic carbocycles. The fourth-order valence-electron chi connectivity index (χ4n) is 16.8. The lowest BCUT2D eigenvalue weighted by atomic mass is 9.78. The maximum absolute atomic E-state index is 15.9. The van der Waals surface area contributed by atoms with Gasteiger partial charge in [-0.05, 0) is 120 Å². The van der Waals surface area contributed by atoms with E-state index in [1.165, 1.54) is 71.7 Å². The van der Waals surface area contributed by atoms with Gasteiger partial charge in [-0.1, -0.05) is 98.3 Å². The smallest absolute Gasteiger partial charge is 0.378 e. The highest BCUT2D eigenvalue weighted by Crippen LogP contribution is 2.44. The molecule has 4 saturated carbocycles. The Balaban J connectivity index is 1.29. The molecule has 25 nitrogen and oxygen atoms in total. The van der Waals surface area contributed by atoms with Gasteiger partial charge < -0.3 is 64.8 Å². The van der Waals surface area contributed by atoms with E-state index in [0.29, 0.717) is 38.5 Å². The Labute approximate surface area is 606 Å². The van der Waals surface area contributed by atoms with E-state index in [9.17, 15) is 37.1 Å². The van der Waals surface area contributed by atoms with Crippen molar-refractivity contribution in [3.63, 3.8) is 0 Å². The number of nitrogens with one attached hydrogen (secondary N) is 3. The Kier molecular flexibility index (Phi) is 30.6. The minimum absolute atomic E-state index is 0.000918. The first-order chi connectivity index (χ1) is 48.2. The number of rotatable bonds is 12. The van der Waals surface area contributed by atoms with Crippen LogP contribution >= 0.6 is 11.6 Å². The van der Waals surface area contributed by atoms with Gasteiger partial charge in [0, 0.05) is 73.8 Å². The van der Waals surface area contributed by atoms with Crippen LogP contribution in [-0.2, 0) is 62.3 Å². The third-order valence-electron chi connectivity index (χ3n) is 23.3. The number of morpholine rings is 1. The topological polar surface area (TPSA) is 279 Å². The van der Waals surface area contributed by atoms with Crippen LogP contribution in [0.25, 0.3) is 0 Å². The molecule has 11 atom stereocenters. The van der Waals surface area contributed by atoms with E-state index in [1.54, 1.807) is 13.8 Å². The van der Waals surface area contributed by atoms with Crippen molar-refractivity contribution >= 4 is 82.5 Å². The maximum Gasteiger partial charge on any atom is 0.393 e. The van der Waals surface area contributed by atoms with E-state index in [4.69, 9.17) is 16.3 Å². The highest BCUT2D eigenvalue weighted by molar-refractivity contribution is 6.21. The number of nitrogens with zero attached hydrogens (tertiary/aromatic N) is 9. The van der Waals surface area contributed by atoms with Crippen LogP contribution in [0.2, 0.25) is 0 Å². The zero-order valence-corrected chi connectivity index (χ0v) is 63.2. The number of hydrogen-bond acceptors (Lipinski definition) is 13. The van der Waals surface area contributed by atoms with Crippen molar-refractivity contribution in [3.05, 3.63) is 0 Å². The number of halogens is 4. The van der Waals surface area contributed by atoms with Crippen LogP contribution in [0, 0.1) is 35.5 Å². The van der Waals surface area contributed by atoms with Crippen molar-refractivity contribution < 1.29 is 75.4 Å². The third kappa shape index (κ3) is 21.0. The number of carbonyl (C=O) groups excluding carboxylic acids is 12. The molecule has 0 aromatic carbocycles. The Morgan fingerprint density at radius 3 is 1.83 bits per heavy atom. The van der Waals surface area contributed by atoms with Crippen molar-refractivity contribution in [2.24, 2.45) is 35.5 Å². The lowest BCUT2D eigenvalue weighted by Crippen LogP contribution is -2.65. The first-order valence-electron chi connectivity index (χ1n) is 37.9. The van der Waals surface area contributed by atoms with Crippen LogP contribution in [0.1, 0.15) is 195 Å². The van der Waals surface area contributed by atoms with Crippen molar-refractivity contribution in [2.45, 2.75) is 255 Å². The summed E-state index contributed by atoms with van der Waals surface area (Å²) in [5.74, 6) is -10.7. The van der Waals surface area contributed by atoms with Crippen molar-refractivity contribution in [2.75, 3.05) is 101 Å². The zero-order valence-electron chi connectivity index (χ0n) is 62.5. The Hall–Kier alpha value is -6.32. The Morgan fingerprint density at radius 2 is 1.24 bits per heavy atom. The van der Waals surface area contributed by atoms with E-state index in [2.05, 4.69) is 16.0 Å². The summed E-state index contributed by atoms with van der Waals surface area (Å²) in [5.41, 5.74) is -1.56. The highest BCUT2D eigenvalue weighted by atomic mass is 35.5. The normalized spacial score (nSPS) is 29.8. The molecule has 0 bridgehead atoms. The van der Waals surface area contributed by atoms with Gasteiger partial charge in [0.05, 0.1) is 45.2 Å². The molecular formula is C73H118ClF3N12O13. The van der Waals surface area contributed by atoms with Gasteiger partial charge in [0.15, 0.2) is 0 Å². The predicted molar refractivity (Wildman–Crippen MR) is 376 cm³/mol. The van der Waals surface area contributed by atoms with Crippen LogP contribution in [0.4, 0.5) is 13.2 Å². The van der Waals surface area contributed by atoms with E-state index in [1.807, 2.05) is 20.8 Å². The molecule has 0 radical (unpaired) electrons. The summed E-state index contributed by atoms with van der Waals surface area (Å²) in [6, 6.07) is -8.63. The van der Waals surface area contributed by atoms with Gasteiger partial charge in [0.25, 0.3) is 0 Å². The molecule has 0 aromatic heterocycles. The average Bonchev–Trinajstić information content (AvgIpc) is 1.45. The van der Waals surface area contributed by atoms with E-state index in [0.717, 1.165) is 66.1 Å². The van der Waals surface area contributed by atoms with Gasteiger partial charge in [0.2, 0.25) is 70.9 Å². The van der Waals surface area contributed by atoms with Gasteiger partial charge >= 0.3 is 6.18 Å². The van der Waals surface area contributed by atoms with E-state index >= 15 is 33.6 Å². The van der Waals surface area contributed by atoms with E-state index < -0.39 is 174 Å². The maximum atomic E-state index is 15.9. The second-order valence-corrected chi connectivity index (χ2v) is 31.5. The first-order valence-corrected chi connectivity index (χ1v) is 38.3. The number of likely N-dealkylation sites (N-methyl/N-ethyl adjacent to an activating group) is 7. The molecule has 3 heterocycles. The summed E-state index contributed by atoms with van der Waals surface area (Å²) >= 11 is 6.41. The van der Waals surface area contributed by atoms with Gasteiger partial charge in [0.1, 0.15) is 47.8 Å². The summed E-state index contributed by atoms with van der Waals surface area (Å²) in [7, 11) is 8.62. The minimum atomic E-state index is -4.51. The quantitative estimate of drug-likeness (QED) is 0.198. The summed E-state index contributed by atoms with van der Waals surface area (Å²) in [4.78, 5) is 192. The summed E-state index contributed by atoms with van der Waals surface area (Å²) in [5, 5.41) is 7.66. The van der Waals surface area contributed by atoms with Crippen LogP contribution in [0.3, 0.4) is 0 Å². The second kappa shape index (κ2) is 37.6. The summed E-state index contributed by atoms with van der Waals surface area (Å²) in [6.45, 7) is 8.20. The molecule has 576 valence electrons. The summed E-state index contributed by atoms with van der Waals surface area (Å²) < 4.78 is 47.7. The monoisotopic (exact) mass is 1460 g/mol. The predicted octanol–water partition coefficient (Wildman–Crippen LogP) is 5.72. The van der Waals surface area contributed by atoms with Gasteiger partial charge in [-0.3, -0.25) is 57.5 Å². The average molecular weight is 1460 g/mol. The summed E-state index contributed by atoms with van der Waals surface area (Å²) in [6.07, 6.45) is 5.50. The van der Waals surface area contributed by atoms with Crippen LogP contribution in [0.15, 0.2) is 0 Å².